The van der Waals surface area contributed by atoms with Crippen LogP contribution in [0.3, 0.4) is 0 Å². The second-order valence-corrected chi connectivity index (χ2v) is 3.90. The van der Waals surface area contributed by atoms with Crippen molar-refractivity contribution in [2.75, 3.05) is 0 Å². The van der Waals surface area contributed by atoms with Gasteiger partial charge in [-0.25, -0.2) is 4.98 Å². The van der Waals surface area contributed by atoms with Gasteiger partial charge in [0.1, 0.15) is 0 Å². The zero-order valence-electron chi connectivity index (χ0n) is 6.97. The molecule has 1 aromatic carbocycles. The van der Waals surface area contributed by atoms with Crippen LogP contribution >= 0.6 is 22.6 Å². The number of nitrogens with zero attached hydrogens (tertiary/aromatic N) is 1. The smallest absolute Gasteiger partial charge is 0.259 e. The predicted molar refractivity (Wildman–Crippen MR) is 59.8 cm³/mol. The molecule has 2 aromatic rings. The van der Waals surface area contributed by atoms with Gasteiger partial charge in [0.2, 0.25) is 0 Å². The van der Waals surface area contributed by atoms with Gasteiger partial charge in [-0.3, -0.25) is 4.79 Å². The number of fused-ring (bicyclic) bond motifs is 1. The third kappa shape index (κ3) is 1.58. The minimum atomic E-state index is -0.0746. The van der Waals surface area contributed by atoms with Crippen LogP contribution in [-0.2, 0) is 0 Å². The highest BCUT2D eigenvalue weighted by Crippen LogP contribution is 2.09. The summed E-state index contributed by atoms with van der Waals surface area (Å²) in [5.41, 5.74) is 1.80. The van der Waals surface area contributed by atoms with E-state index in [9.17, 15) is 4.79 Å². The Balaban J connectivity index is 2.95. The lowest BCUT2D eigenvalue weighted by Gasteiger charge is -1.97. The van der Waals surface area contributed by atoms with E-state index in [1.807, 2.05) is 41.6 Å². The Kier molecular flexibility index (Phi) is 2.07. The number of hydrogen-bond donors (Lipinski definition) is 1. The van der Waals surface area contributed by atoms with E-state index in [0.29, 0.717) is 9.22 Å². The summed E-state index contributed by atoms with van der Waals surface area (Å²) in [4.78, 5) is 18.3. The van der Waals surface area contributed by atoms with Crippen molar-refractivity contribution in [3.05, 3.63) is 37.9 Å². The number of H-pyrrole nitrogens is 1. The molecule has 13 heavy (non-hydrogen) atoms. The highest BCUT2D eigenvalue weighted by molar-refractivity contribution is 14.1. The first-order chi connectivity index (χ1) is 6.16. The van der Waals surface area contributed by atoms with E-state index in [1.54, 1.807) is 6.07 Å². The molecule has 0 fully saturated rings. The number of rotatable bonds is 0. The van der Waals surface area contributed by atoms with Gasteiger partial charge in [-0.05, 0) is 47.2 Å². The van der Waals surface area contributed by atoms with Gasteiger partial charge < -0.3 is 4.98 Å². The quantitative estimate of drug-likeness (QED) is 0.593. The van der Waals surface area contributed by atoms with Crippen LogP contribution in [0.5, 0.6) is 0 Å². The number of halogens is 1. The highest BCUT2D eigenvalue weighted by atomic mass is 127. The van der Waals surface area contributed by atoms with Gasteiger partial charge in [0.25, 0.3) is 5.56 Å². The molecule has 0 aliphatic heterocycles. The molecule has 0 atom stereocenters. The Hall–Kier alpha value is -0.910. The number of hydrogen-bond acceptors (Lipinski definition) is 2. The zero-order valence-corrected chi connectivity index (χ0v) is 9.12. The van der Waals surface area contributed by atoms with E-state index in [-0.39, 0.29) is 5.56 Å². The minimum absolute atomic E-state index is 0.0746. The Labute approximate surface area is 88.3 Å². The van der Waals surface area contributed by atoms with Crippen LogP contribution in [-0.4, -0.2) is 9.97 Å². The molecule has 0 saturated heterocycles. The maximum Gasteiger partial charge on any atom is 0.259 e. The van der Waals surface area contributed by atoms with E-state index in [0.717, 1.165) is 11.1 Å². The van der Waals surface area contributed by atoms with Gasteiger partial charge in [-0.2, -0.15) is 0 Å². The van der Waals surface area contributed by atoms with Crippen molar-refractivity contribution in [2.24, 2.45) is 0 Å². The molecule has 0 aliphatic rings. The van der Waals surface area contributed by atoms with Gasteiger partial charge in [0, 0.05) is 0 Å². The average Bonchev–Trinajstić information content (AvgIpc) is 2.02. The van der Waals surface area contributed by atoms with Gasteiger partial charge >= 0.3 is 0 Å². The van der Waals surface area contributed by atoms with Crippen LogP contribution in [0.1, 0.15) is 5.56 Å². The summed E-state index contributed by atoms with van der Waals surface area (Å²) >= 11 is 2.00. The van der Waals surface area contributed by atoms with Gasteiger partial charge in [-0.1, -0.05) is 6.07 Å². The number of benzene rings is 1. The largest absolute Gasteiger partial charge is 0.301 e. The fourth-order valence-electron chi connectivity index (χ4n) is 1.22. The van der Waals surface area contributed by atoms with Crippen molar-refractivity contribution in [3.8, 4) is 0 Å². The fraction of sp³-hybridized carbons (Fsp3) is 0.111. The predicted octanol–water partition coefficient (Wildman–Crippen LogP) is 1.84. The second-order valence-electron chi connectivity index (χ2n) is 2.88. The molecule has 3 nitrogen and oxygen atoms in total. The molecular weight excluding hydrogens is 279 g/mol. The molecule has 0 saturated carbocycles. The Morgan fingerprint density at radius 1 is 1.46 bits per heavy atom. The molecular formula is C9H7IN2O. The molecule has 0 bridgehead atoms. The van der Waals surface area contributed by atoms with Crippen LogP contribution in [0.4, 0.5) is 0 Å². The molecule has 2 rings (SSSR count). The van der Waals surface area contributed by atoms with Crippen LogP contribution in [0.25, 0.3) is 10.9 Å². The topological polar surface area (TPSA) is 45.8 Å². The summed E-state index contributed by atoms with van der Waals surface area (Å²) in [5, 5.41) is 0.644. The maximum absolute atomic E-state index is 11.4. The monoisotopic (exact) mass is 286 g/mol. The van der Waals surface area contributed by atoms with Crippen molar-refractivity contribution in [1.82, 2.24) is 9.97 Å². The van der Waals surface area contributed by atoms with Gasteiger partial charge in [0.15, 0.2) is 3.83 Å². The summed E-state index contributed by atoms with van der Waals surface area (Å²) in [6.07, 6.45) is 0. The van der Waals surface area contributed by atoms with E-state index in [1.165, 1.54) is 0 Å². The van der Waals surface area contributed by atoms with Crippen LogP contribution in [0, 0.1) is 10.8 Å². The van der Waals surface area contributed by atoms with Gasteiger partial charge in [-0.15, -0.1) is 0 Å². The van der Waals surface area contributed by atoms with Crippen molar-refractivity contribution in [3.63, 3.8) is 0 Å². The number of nitrogens with one attached hydrogen (secondary N) is 1. The second kappa shape index (κ2) is 3.10. The Morgan fingerprint density at radius 2 is 2.23 bits per heavy atom. The Morgan fingerprint density at radius 3 is 3.00 bits per heavy atom. The summed E-state index contributed by atoms with van der Waals surface area (Å²) in [7, 11) is 0. The lowest BCUT2D eigenvalue weighted by Crippen LogP contribution is -2.09. The standard InChI is InChI=1S/C9H7IN2O/c1-5-2-3-6-7(4-5)11-9(10)12-8(6)13/h2-4H,1H3,(H,11,12,13). The van der Waals surface area contributed by atoms with Crippen molar-refractivity contribution in [2.45, 2.75) is 6.92 Å². The summed E-state index contributed by atoms with van der Waals surface area (Å²) in [5.74, 6) is 0. The number of aryl methyl sites for hydroxylation is 1. The third-order valence-corrected chi connectivity index (χ3v) is 2.34. The molecule has 0 spiro atoms. The zero-order chi connectivity index (χ0) is 9.42. The lowest BCUT2D eigenvalue weighted by molar-refractivity contribution is 1.11. The normalized spacial score (nSPS) is 10.6. The van der Waals surface area contributed by atoms with E-state index in [4.69, 9.17) is 0 Å². The summed E-state index contributed by atoms with van der Waals surface area (Å²) in [6.45, 7) is 1.98. The van der Waals surface area contributed by atoms with Crippen LogP contribution < -0.4 is 5.56 Å². The van der Waals surface area contributed by atoms with Gasteiger partial charge in [0.05, 0.1) is 10.9 Å². The molecule has 66 valence electrons. The van der Waals surface area contributed by atoms with Crippen LogP contribution in [0.2, 0.25) is 0 Å². The van der Waals surface area contributed by atoms with Crippen molar-refractivity contribution >= 4 is 33.5 Å². The molecule has 0 radical (unpaired) electrons. The molecule has 1 N–H and O–H groups in total. The molecule has 4 heteroatoms. The average molecular weight is 286 g/mol. The Bertz CT molecular complexity index is 513. The molecule has 0 aliphatic carbocycles. The van der Waals surface area contributed by atoms with E-state index >= 15 is 0 Å². The number of aromatic amines is 1. The highest BCUT2D eigenvalue weighted by Gasteiger charge is 2.00. The summed E-state index contributed by atoms with van der Waals surface area (Å²) in [6, 6.07) is 5.62. The van der Waals surface area contributed by atoms with Crippen LogP contribution in [0.15, 0.2) is 23.0 Å². The molecule has 1 heterocycles. The first kappa shape index (κ1) is 8.68. The first-order valence-electron chi connectivity index (χ1n) is 3.83. The summed E-state index contributed by atoms with van der Waals surface area (Å²) < 4.78 is 0.626. The lowest BCUT2D eigenvalue weighted by atomic mass is 10.2. The third-order valence-electron chi connectivity index (χ3n) is 1.83. The minimum Gasteiger partial charge on any atom is -0.301 e. The fourth-order valence-corrected chi connectivity index (χ4v) is 1.73. The SMILES string of the molecule is Cc1ccc2c(=O)[nH]c(I)nc2c1. The van der Waals surface area contributed by atoms with Crippen molar-refractivity contribution in [1.29, 1.82) is 0 Å². The molecule has 0 amide bonds. The molecule has 0 unspecified atom stereocenters. The first-order valence-corrected chi connectivity index (χ1v) is 4.91. The van der Waals surface area contributed by atoms with E-state index in [2.05, 4.69) is 9.97 Å². The van der Waals surface area contributed by atoms with Crippen molar-refractivity contribution < 1.29 is 0 Å². The van der Waals surface area contributed by atoms with E-state index < -0.39 is 0 Å². The molecule has 1 aromatic heterocycles. The maximum atomic E-state index is 11.4. The number of aromatic nitrogens is 2.